The first-order chi connectivity index (χ1) is 9.45. The van der Waals surface area contributed by atoms with E-state index in [0.717, 1.165) is 51.6 Å². The standard InChI is InChI=1S/C14H29N3O2S/c1-3-15-12-13-6-10-17(11-7-13)20(18,19)16-14(2)8-4-5-9-14/h13,15-16H,3-12H2,1-2H3. The van der Waals surface area contributed by atoms with E-state index in [9.17, 15) is 8.42 Å². The molecule has 1 saturated carbocycles. The summed E-state index contributed by atoms with van der Waals surface area (Å²) < 4.78 is 29.5. The number of rotatable bonds is 6. The minimum Gasteiger partial charge on any atom is -0.317 e. The highest BCUT2D eigenvalue weighted by atomic mass is 32.2. The molecule has 2 N–H and O–H groups in total. The Morgan fingerprint density at radius 3 is 2.35 bits per heavy atom. The Morgan fingerprint density at radius 1 is 1.20 bits per heavy atom. The van der Waals surface area contributed by atoms with Gasteiger partial charge >= 0.3 is 0 Å². The third-order valence-electron chi connectivity index (χ3n) is 4.68. The summed E-state index contributed by atoms with van der Waals surface area (Å²) in [6, 6.07) is 0. The molecular formula is C14H29N3O2S. The number of nitrogens with zero attached hydrogens (tertiary/aromatic N) is 1. The molecule has 0 bridgehead atoms. The third kappa shape index (κ3) is 4.16. The van der Waals surface area contributed by atoms with Crippen LogP contribution in [0.25, 0.3) is 0 Å². The summed E-state index contributed by atoms with van der Waals surface area (Å²) in [6.45, 7) is 7.44. The lowest BCUT2D eigenvalue weighted by Crippen LogP contribution is -2.52. The molecule has 0 spiro atoms. The van der Waals surface area contributed by atoms with E-state index in [-0.39, 0.29) is 5.54 Å². The van der Waals surface area contributed by atoms with Crippen molar-refractivity contribution in [2.24, 2.45) is 5.92 Å². The van der Waals surface area contributed by atoms with Crippen LogP contribution in [0.4, 0.5) is 0 Å². The lowest BCUT2D eigenvalue weighted by atomic mass is 9.98. The van der Waals surface area contributed by atoms with E-state index in [1.54, 1.807) is 4.31 Å². The van der Waals surface area contributed by atoms with Gasteiger partial charge < -0.3 is 5.32 Å². The van der Waals surface area contributed by atoms with Crippen molar-refractivity contribution < 1.29 is 8.42 Å². The number of hydrogen-bond acceptors (Lipinski definition) is 3. The van der Waals surface area contributed by atoms with Gasteiger partial charge in [0.1, 0.15) is 0 Å². The van der Waals surface area contributed by atoms with Crippen LogP contribution in [-0.2, 0) is 10.2 Å². The summed E-state index contributed by atoms with van der Waals surface area (Å²) in [5, 5.41) is 3.35. The molecule has 5 nitrogen and oxygen atoms in total. The lowest BCUT2D eigenvalue weighted by molar-refractivity contribution is 0.261. The first-order valence-corrected chi connectivity index (χ1v) is 9.39. The van der Waals surface area contributed by atoms with Crippen LogP contribution in [0.15, 0.2) is 0 Å². The maximum Gasteiger partial charge on any atom is 0.279 e. The van der Waals surface area contributed by atoms with Gasteiger partial charge in [0.25, 0.3) is 10.2 Å². The van der Waals surface area contributed by atoms with Gasteiger partial charge in [0.15, 0.2) is 0 Å². The van der Waals surface area contributed by atoms with Crippen molar-refractivity contribution in [1.29, 1.82) is 0 Å². The fourth-order valence-corrected chi connectivity index (χ4v) is 4.98. The second-order valence-electron chi connectivity index (χ2n) is 6.52. The largest absolute Gasteiger partial charge is 0.317 e. The summed E-state index contributed by atoms with van der Waals surface area (Å²) in [5.41, 5.74) is -0.223. The highest BCUT2D eigenvalue weighted by Crippen LogP contribution is 2.30. The molecular weight excluding hydrogens is 274 g/mol. The van der Waals surface area contributed by atoms with Crippen molar-refractivity contribution in [3.63, 3.8) is 0 Å². The van der Waals surface area contributed by atoms with E-state index in [2.05, 4.69) is 17.0 Å². The Labute approximate surface area is 123 Å². The minimum absolute atomic E-state index is 0.223. The summed E-state index contributed by atoms with van der Waals surface area (Å²) in [5.74, 6) is 0.614. The average molecular weight is 303 g/mol. The van der Waals surface area contributed by atoms with Gasteiger partial charge in [0, 0.05) is 18.6 Å². The van der Waals surface area contributed by atoms with E-state index in [1.807, 2.05) is 6.92 Å². The molecule has 0 amide bonds. The van der Waals surface area contributed by atoms with Crippen LogP contribution in [0, 0.1) is 5.92 Å². The molecule has 2 rings (SSSR count). The molecule has 0 aromatic rings. The molecule has 1 aliphatic heterocycles. The van der Waals surface area contributed by atoms with E-state index in [0.29, 0.717) is 19.0 Å². The molecule has 118 valence electrons. The molecule has 1 aliphatic carbocycles. The SMILES string of the molecule is CCNCC1CCN(S(=O)(=O)NC2(C)CCCC2)CC1. The highest BCUT2D eigenvalue weighted by molar-refractivity contribution is 7.87. The maximum absolute atomic E-state index is 12.5. The molecule has 0 unspecified atom stereocenters. The van der Waals surface area contributed by atoms with E-state index < -0.39 is 10.2 Å². The monoisotopic (exact) mass is 303 g/mol. The molecule has 0 radical (unpaired) electrons. The fourth-order valence-electron chi connectivity index (χ4n) is 3.34. The Bertz CT molecular complexity index is 397. The quantitative estimate of drug-likeness (QED) is 0.781. The van der Waals surface area contributed by atoms with Crippen LogP contribution in [0.2, 0.25) is 0 Å². The van der Waals surface area contributed by atoms with E-state index in [4.69, 9.17) is 0 Å². The number of piperidine rings is 1. The predicted octanol–water partition coefficient (Wildman–Crippen LogP) is 1.47. The van der Waals surface area contributed by atoms with Crippen LogP contribution in [0.1, 0.15) is 52.4 Å². The third-order valence-corrected chi connectivity index (χ3v) is 6.47. The van der Waals surface area contributed by atoms with Gasteiger partial charge in [0.05, 0.1) is 0 Å². The number of nitrogens with one attached hydrogen (secondary N) is 2. The summed E-state index contributed by atoms with van der Waals surface area (Å²) in [7, 11) is -3.31. The summed E-state index contributed by atoms with van der Waals surface area (Å²) in [6.07, 6.45) is 6.11. The molecule has 0 aromatic heterocycles. The molecule has 0 aromatic carbocycles. The summed E-state index contributed by atoms with van der Waals surface area (Å²) in [4.78, 5) is 0. The first kappa shape index (κ1) is 16.2. The van der Waals surface area contributed by atoms with Gasteiger partial charge in [-0.05, 0) is 51.6 Å². The van der Waals surface area contributed by atoms with Crippen molar-refractivity contribution in [2.75, 3.05) is 26.2 Å². The lowest BCUT2D eigenvalue weighted by Gasteiger charge is -2.34. The van der Waals surface area contributed by atoms with Crippen LogP contribution < -0.4 is 10.0 Å². The van der Waals surface area contributed by atoms with Crippen molar-refractivity contribution in [1.82, 2.24) is 14.3 Å². The zero-order chi connectivity index (χ0) is 14.6. The molecule has 1 saturated heterocycles. The van der Waals surface area contributed by atoms with E-state index in [1.165, 1.54) is 0 Å². The van der Waals surface area contributed by atoms with Crippen molar-refractivity contribution in [3.8, 4) is 0 Å². The topological polar surface area (TPSA) is 61.4 Å². The summed E-state index contributed by atoms with van der Waals surface area (Å²) >= 11 is 0. The fraction of sp³-hybridized carbons (Fsp3) is 1.00. The average Bonchev–Trinajstić information content (AvgIpc) is 2.82. The normalized spacial score (nSPS) is 25.1. The molecule has 6 heteroatoms. The second-order valence-corrected chi connectivity index (χ2v) is 8.20. The van der Waals surface area contributed by atoms with Gasteiger partial charge in [-0.3, -0.25) is 0 Å². The van der Waals surface area contributed by atoms with Gasteiger partial charge in [0.2, 0.25) is 0 Å². The Morgan fingerprint density at radius 2 is 1.80 bits per heavy atom. The maximum atomic E-state index is 12.5. The predicted molar refractivity (Wildman–Crippen MR) is 81.8 cm³/mol. The smallest absolute Gasteiger partial charge is 0.279 e. The molecule has 2 aliphatic rings. The van der Waals surface area contributed by atoms with Crippen molar-refractivity contribution in [2.45, 2.75) is 57.9 Å². The second kappa shape index (κ2) is 6.73. The molecule has 1 heterocycles. The Hall–Kier alpha value is -0.170. The van der Waals surface area contributed by atoms with Gasteiger partial charge in [-0.25, -0.2) is 0 Å². The Balaban J connectivity index is 1.85. The van der Waals surface area contributed by atoms with Gasteiger partial charge in [-0.15, -0.1) is 0 Å². The van der Waals surface area contributed by atoms with Crippen LogP contribution in [0.3, 0.4) is 0 Å². The van der Waals surface area contributed by atoms with Gasteiger partial charge in [-0.2, -0.15) is 17.4 Å². The van der Waals surface area contributed by atoms with Crippen LogP contribution in [0.5, 0.6) is 0 Å². The van der Waals surface area contributed by atoms with Crippen molar-refractivity contribution in [3.05, 3.63) is 0 Å². The van der Waals surface area contributed by atoms with Crippen molar-refractivity contribution >= 4 is 10.2 Å². The molecule has 0 atom stereocenters. The van der Waals surface area contributed by atoms with Gasteiger partial charge in [-0.1, -0.05) is 19.8 Å². The van der Waals surface area contributed by atoms with Crippen LogP contribution in [-0.4, -0.2) is 44.4 Å². The minimum atomic E-state index is -3.31. The highest BCUT2D eigenvalue weighted by Gasteiger charge is 2.36. The number of hydrogen-bond donors (Lipinski definition) is 2. The zero-order valence-electron chi connectivity index (χ0n) is 12.8. The van der Waals surface area contributed by atoms with Crippen LogP contribution >= 0.6 is 0 Å². The first-order valence-electron chi connectivity index (χ1n) is 7.95. The Kier molecular flexibility index (Phi) is 5.45. The molecule has 20 heavy (non-hydrogen) atoms. The van der Waals surface area contributed by atoms with E-state index >= 15 is 0 Å². The molecule has 2 fully saturated rings. The zero-order valence-corrected chi connectivity index (χ0v) is 13.6.